The minimum absolute atomic E-state index is 0.0837. The molecule has 0 aliphatic carbocycles. The van der Waals surface area contributed by atoms with Crippen LogP contribution >= 0.6 is 27.7 Å². The molecule has 5 heteroatoms. The first kappa shape index (κ1) is 11.0. The number of hydrogen-bond donors (Lipinski definition) is 0. The molecule has 1 heterocycles. The van der Waals surface area contributed by atoms with E-state index in [0.29, 0.717) is 28.0 Å². The summed E-state index contributed by atoms with van der Waals surface area (Å²) in [6, 6.07) is 3.08. The number of carbonyl (C=O) groups excluding carboxylic acids is 1. The van der Waals surface area contributed by atoms with E-state index in [2.05, 4.69) is 15.9 Å². The van der Waals surface area contributed by atoms with E-state index >= 15 is 0 Å². The highest BCUT2D eigenvalue weighted by Gasteiger charge is 2.29. The fourth-order valence-corrected chi connectivity index (χ4v) is 2.60. The van der Waals surface area contributed by atoms with E-state index in [9.17, 15) is 9.18 Å². The molecule has 1 aliphatic heterocycles. The second-order valence-electron chi connectivity index (χ2n) is 3.33. The first-order valence-electron chi connectivity index (χ1n) is 4.39. The minimum Gasteiger partial charge on any atom is -0.325 e. The Hall–Kier alpha value is -0.550. The summed E-state index contributed by atoms with van der Waals surface area (Å²) in [4.78, 5) is 13.5. The summed E-state index contributed by atoms with van der Waals surface area (Å²) in [6.07, 6.45) is 1.92. The molecule has 1 amide bonds. The van der Waals surface area contributed by atoms with Crippen LogP contribution in [0.5, 0.6) is 0 Å². The highest BCUT2D eigenvalue weighted by molar-refractivity contribution is 9.10. The van der Waals surface area contributed by atoms with Crippen LogP contribution in [-0.2, 0) is 6.54 Å². The summed E-state index contributed by atoms with van der Waals surface area (Å²) < 4.78 is 14.1. The third-order valence-corrected chi connectivity index (χ3v) is 3.34. The van der Waals surface area contributed by atoms with Gasteiger partial charge in [-0.2, -0.15) is 0 Å². The number of nitrogens with zero attached hydrogens (tertiary/aromatic N) is 1. The molecule has 80 valence electrons. The first-order valence-corrected chi connectivity index (χ1v) is 6.58. The summed E-state index contributed by atoms with van der Waals surface area (Å²) in [5.74, 6) is 0.209. The number of carbonyl (C=O) groups is 1. The zero-order chi connectivity index (χ0) is 11.0. The van der Waals surface area contributed by atoms with E-state index in [1.54, 1.807) is 22.7 Å². The molecule has 0 N–H and O–H groups in total. The van der Waals surface area contributed by atoms with Crippen LogP contribution in [0, 0.1) is 5.82 Å². The summed E-state index contributed by atoms with van der Waals surface area (Å²) in [5, 5.41) is 0. The molecule has 0 radical (unpaired) electrons. The lowest BCUT2D eigenvalue weighted by atomic mass is 10.1. The summed E-state index contributed by atoms with van der Waals surface area (Å²) in [7, 11) is 0. The minimum atomic E-state index is -0.309. The first-order chi connectivity index (χ1) is 7.13. The van der Waals surface area contributed by atoms with Gasteiger partial charge >= 0.3 is 0 Å². The molecule has 15 heavy (non-hydrogen) atoms. The molecule has 0 aromatic heterocycles. The van der Waals surface area contributed by atoms with Crippen molar-refractivity contribution in [1.82, 2.24) is 4.90 Å². The highest BCUT2D eigenvalue weighted by Crippen LogP contribution is 2.29. The molecular weight excluding hydrogens is 281 g/mol. The molecule has 2 nitrogen and oxygen atoms in total. The van der Waals surface area contributed by atoms with E-state index in [1.165, 1.54) is 6.07 Å². The summed E-state index contributed by atoms with van der Waals surface area (Å²) in [5.41, 5.74) is 0.994. The van der Waals surface area contributed by atoms with E-state index in [0.717, 1.165) is 0 Å². The zero-order valence-electron chi connectivity index (χ0n) is 8.09. The largest absolute Gasteiger partial charge is 0.325 e. The average Bonchev–Trinajstić information content (AvgIpc) is 2.47. The van der Waals surface area contributed by atoms with Crippen molar-refractivity contribution in [3.05, 3.63) is 33.5 Å². The van der Waals surface area contributed by atoms with Crippen molar-refractivity contribution >= 4 is 33.6 Å². The molecule has 1 aromatic rings. The molecule has 2 rings (SSSR count). The average molecular weight is 290 g/mol. The molecule has 0 saturated carbocycles. The van der Waals surface area contributed by atoms with Gasteiger partial charge in [-0.15, -0.1) is 11.8 Å². The Morgan fingerprint density at radius 2 is 2.33 bits per heavy atom. The Balaban J connectivity index is 2.41. The Kier molecular flexibility index (Phi) is 3.02. The van der Waals surface area contributed by atoms with Gasteiger partial charge in [0, 0.05) is 15.6 Å². The van der Waals surface area contributed by atoms with Gasteiger partial charge in [-0.05, 0) is 18.4 Å². The third kappa shape index (κ3) is 1.90. The summed E-state index contributed by atoms with van der Waals surface area (Å²) in [6.45, 7) is 0.383. The lowest BCUT2D eigenvalue weighted by Crippen LogP contribution is -2.22. The number of hydrogen-bond acceptors (Lipinski definition) is 2. The van der Waals surface area contributed by atoms with E-state index < -0.39 is 0 Å². The van der Waals surface area contributed by atoms with Crippen LogP contribution in [0.1, 0.15) is 15.9 Å². The van der Waals surface area contributed by atoms with Crippen LogP contribution < -0.4 is 0 Å². The van der Waals surface area contributed by atoms with Gasteiger partial charge < -0.3 is 4.90 Å². The molecule has 0 saturated heterocycles. The predicted octanol–water partition coefficient (Wildman–Crippen LogP) is 2.86. The quantitative estimate of drug-likeness (QED) is 0.834. The molecular formula is C10H9BrFNOS. The number of fused-ring (bicyclic) bond motifs is 1. The van der Waals surface area contributed by atoms with Gasteiger partial charge in [0.25, 0.3) is 5.91 Å². The molecule has 0 fully saturated rings. The van der Waals surface area contributed by atoms with Gasteiger partial charge in [-0.3, -0.25) is 4.79 Å². The van der Waals surface area contributed by atoms with Crippen molar-refractivity contribution in [2.45, 2.75) is 6.54 Å². The third-order valence-electron chi connectivity index (χ3n) is 2.31. The smallest absolute Gasteiger partial charge is 0.255 e. The van der Waals surface area contributed by atoms with Crippen molar-refractivity contribution in [1.29, 1.82) is 0 Å². The number of thioether (sulfide) groups is 1. The predicted molar refractivity (Wildman–Crippen MR) is 62.4 cm³/mol. The standard InChI is InChI=1S/C10H9BrFNOS/c1-15-5-13-4-8-7(10(13)14)2-6(11)3-9(8)12/h2-3H,4-5H2,1H3. The monoisotopic (exact) mass is 289 g/mol. The van der Waals surface area contributed by atoms with Crippen molar-refractivity contribution in [3.8, 4) is 0 Å². The fourth-order valence-electron chi connectivity index (χ4n) is 1.65. The van der Waals surface area contributed by atoms with Gasteiger partial charge in [0.05, 0.1) is 12.4 Å². The molecule has 0 unspecified atom stereocenters. The second kappa shape index (κ2) is 4.14. The van der Waals surface area contributed by atoms with Crippen LogP contribution in [0.15, 0.2) is 16.6 Å². The van der Waals surface area contributed by atoms with Gasteiger partial charge in [0.1, 0.15) is 5.82 Å². The van der Waals surface area contributed by atoms with Crippen molar-refractivity contribution < 1.29 is 9.18 Å². The molecule has 0 bridgehead atoms. The fraction of sp³-hybridized carbons (Fsp3) is 0.300. The van der Waals surface area contributed by atoms with E-state index in [-0.39, 0.29) is 11.7 Å². The van der Waals surface area contributed by atoms with Crippen molar-refractivity contribution in [3.63, 3.8) is 0 Å². The second-order valence-corrected chi connectivity index (χ2v) is 5.09. The Labute approximate surface area is 100.0 Å². The van der Waals surface area contributed by atoms with Gasteiger partial charge in [0.2, 0.25) is 0 Å². The van der Waals surface area contributed by atoms with Crippen LogP contribution in [0.4, 0.5) is 4.39 Å². The highest BCUT2D eigenvalue weighted by atomic mass is 79.9. The van der Waals surface area contributed by atoms with E-state index in [4.69, 9.17) is 0 Å². The van der Waals surface area contributed by atoms with Crippen LogP contribution in [-0.4, -0.2) is 22.9 Å². The Morgan fingerprint density at radius 1 is 1.60 bits per heavy atom. The van der Waals surface area contributed by atoms with Crippen LogP contribution in [0.25, 0.3) is 0 Å². The maximum absolute atomic E-state index is 13.5. The maximum atomic E-state index is 13.5. The number of rotatable bonds is 2. The number of benzene rings is 1. The van der Waals surface area contributed by atoms with Gasteiger partial charge in [-0.25, -0.2) is 4.39 Å². The Bertz CT molecular complexity index is 424. The molecule has 1 aliphatic rings. The van der Waals surface area contributed by atoms with Gasteiger partial charge in [0.15, 0.2) is 0 Å². The normalized spacial score (nSPS) is 14.6. The lowest BCUT2D eigenvalue weighted by molar-refractivity contribution is 0.0808. The molecule has 0 spiro atoms. The zero-order valence-corrected chi connectivity index (χ0v) is 10.5. The van der Waals surface area contributed by atoms with Crippen LogP contribution in [0.2, 0.25) is 0 Å². The van der Waals surface area contributed by atoms with Crippen molar-refractivity contribution in [2.24, 2.45) is 0 Å². The molecule has 0 atom stereocenters. The van der Waals surface area contributed by atoms with Gasteiger partial charge in [-0.1, -0.05) is 15.9 Å². The lowest BCUT2D eigenvalue weighted by Gasteiger charge is -2.12. The molecule has 1 aromatic carbocycles. The maximum Gasteiger partial charge on any atom is 0.255 e. The van der Waals surface area contributed by atoms with Crippen molar-refractivity contribution in [2.75, 3.05) is 12.1 Å². The SMILES string of the molecule is CSCN1Cc2c(F)cc(Br)cc2C1=O. The topological polar surface area (TPSA) is 20.3 Å². The Morgan fingerprint density at radius 3 is 3.00 bits per heavy atom. The van der Waals surface area contributed by atoms with Crippen LogP contribution in [0.3, 0.4) is 0 Å². The number of halogens is 2. The number of amides is 1. The summed E-state index contributed by atoms with van der Waals surface area (Å²) >= 11 is 4.74. The van der Waals surface area contributed by atoms with E-state index in [1.807, 2.05) is 6.26 Å².